The molecule has 2 aliphatic heterocycles. The smallest absolute Gasteiger partial charge is 0.236 e. The number of likely N-dealkylation sites (tertiary alicyclic amines) is 1. The molecule has 3 rings (SSSR count). The Morgan fingerprint density at radius 1 is 1.35 bits per heavy atom. The Balaban J connectivity index is 1.48. The zero-order valence-electron chi connectivity index (χ0n) is 13.9. The molecule has 0 bridgehead atoms. The second-order valence-electron chi connectivity index (χ2n) is 6.60. The minimum atomic E-state index is 0.203. The van der Waals surface area contributed by atoms with Gasteiger partial charge in [0.25, 0.3) is 0 Å². The minimum absolute atomic E-state index is 0.203. The molecule has 128 valence electrons. The van der Waals surface area contributed by atoms with Crippen molar-refractivity contribution in [3.63, 3.8) is 0 Å². The molecule has 0 saturated carbocycles. The molecule has 1 aromatic rings. The highest BCUT2D eigenvalue weighted by Gasteiger charge is 2.27. The fraction of sp³-hybridized carbons (Fsp3) is 0.812. The Hall–Kier alpha value is -1.47. The van der Waals surface area contributed by atoms with Gasteiger partial charge in [-0.25, -0.2) is 4.98 Å². The largest absolute Gasteiger partial charge is 0.375 e. The molecule has 0 radical (unpaired) electrons. The molecule has 7 nitrogen and oxygen atoms in total. The molecule has 0 aromatic carbocycles. The number of piperidine rings is 1. The van der Waals surface area contributed by atoms with Crippen molar-refractivity contribution in [1.29, 1.82) is 0 Å². The van der Waals surface area contributed by atoms with Gasteiger partial charge in [-0.3, -0.25) is 14.4 Å². The van der Waals surface area contributed by atoms with E-state index >= 15 is 0 Å². The molecule has 2 saturated heterocycles. The number of amides is 1. The zero-order chi connectivity index (χ0) is 16.1. The zero-order valence-corrected chi connectivity index (χ0v) is 13.9. The molecule has 2 aliphatic rings. The van der Waals surface area contributed by atoms with Crippen LogP contribution in [-0.2, 0) is 16.1 Å². The number of hydrogen-bond donors (Lipinski definition) is 0. The number of rotatable bonds is 5. The van der Waals surface area contributed by atoms with Crippen molar-refractivity contribution >= 4 is 5.91 Å². The van der Waals surface area contributed by atoms with Gasteiger partial charge in [0.1, 0.15) is 12.7 Å². The third kappa shape index (κ3) is 4.51. The van der Waals surface area contributed by atoms with Crippen LogP contribution in [0.4, 0.5) is 0 Å². The highest BCUT2D eigenvalue weighted by atomic mass is 16.5. The minimum Gasteiger partial charge on any atom is -0.375 e. The lowest BCUT2D eigenvalue weighted by atomic mass is 9.98. The number of ether oxygens (including phenoxy) is 1. The van der Waals surface area contributed by atoms with Gasteiger partial charge in [0, 0.05) is 26.2 Å². The molecular formula is C16H27N5O2. The van der Waals surface area contributed by atoms with Crippen molar-refractivity contribution in [1.82, 2.24) is 24.6 Å². The van der Waals surface area contributed by atoms with Crippen LogP contribution in [0.3, 0.4) is 0 Å². The molecule has 3 heterocycles. The van der Waals surface area contributed by atoms with Gasteiger partial charge < -0.3 is 9.64 Å². The molecule has 0 spiro atoms. The summed E-state index contributed by atoms with van der Waals surface area (Å²) in [5.41, 5.74) is 0. The topological polar surface area (TPSA) is 63.5 Å². The van der Waals surface area contributed by atoms with Gasteiger partial charge in [0.2, 0.25) is 5.91 Å². The van der Waals surface area contributed by atoms with Crippen LogP contribution in [0.2, 0.25) is 0 Å². The van der Waals surface area contributed by atoms with Gasteiger partial charge in [0.15, 0.2) is 0 Å². The first kappa shape index (κ1) is 16.4. The lowest BCUT2D eigenvalue weighted by Gasteiger charge is -2.36. The fourth-order valence-corrected chi connectivity index (χ4v) is 3.52. The highest BCUT2D eigenvalue weighted by molar-refractivity contribution is 5.78. The molecule has 2 atom stereocenters. The average molecular weight is 321 g/mol. The molecule has 7 heteroatoms. The van der Waals surface area contributed by atoms with Crippen LogP contribution >= 0.6 is 0 Å². The predicted octanol–water partition coefficient (Wildman–Crippen LogP) is 0.627. The number of carbonyl (C=O) groups excluding carboxylic acids is 1. The quantitative estimate of drug-likeness (QED) is 0.796. The van der Waals surface area contributed by atoms with E-state index in [2.05, 4.69) is 21.9 Å². The fourth-order valence-electron chi connectivity index (χ4n) is 3.52. The van der Waals surface area contributed by atoms with Crippen molar-refractivity contribution in [2.24, 2.45) is 5.92 Å². The van der Waals surface area contributed by atoms with E-state index in [-0.39, 0.29) is 12.0 Å². The monoisotopic (exact) mass is 321 g/mol. The Morgan fingerprint density at radius 2 is 2.26 bits per heavy atom. The van der Waals surface area contributed by atoms with Crippen molar-refractivity contribution in [2.45, 2.75) is 38.8 Å². The van der Waals surface area contributed by atoms with Crippen LogP contribution in [0, 0.1) is 5.92 Å². The highest BCUT2D eigenvalue weighted by Crippen LogP contribution is 2.18. The van der Waals surface area contributed by atoms with Crippen LogP contribution in [0.5, 0.6) is 0 Å². The number of aromatic nitrogens is 3. The van der Waals surface area contributed by atoms with Gasteiger partial charge in [-0.1, -0.05) is 6.92 Å². The SMILES string of the molecule is CC[C@H]1CN(C(=O)CN2CCC[C@H](Cn3cncn3)C2)CCO1. The normalized spacial score (nSPS) is 26.4. The maximum Gasteiger partial charge on any atom is 0.236 e. The third-order valence-corrected chi connectivity index (χ3v) is 4.82. The Bertz CT molecular complexity index is 493. The summed E-state index contributed by atoms with van der Waals surface area (Å²) in [5.74, 6) is 0.791. The van der Waals surface area contributed by atoms with E-state index in [0.29, 0.717) is 19.1 Å². The molecular weight excluding hydrogens is 294 g/mol. The maximum atomic E-state index is 12.6. The molecule has 0 unspecified atom stereocenters. The van der Waals surface area contributed by atoms with Crippen molar-refractivity contribution in [3.05, 3.63) is 12.7 Å². The number of nitrogens with zero attached hydrogens (tertiary/aromatic N) is 5. The van der Waals surface area contributed by atoms with Crippen LogP contribution in [0.1, 0.15) is 26.2 Å². The second-order valence-corrected chi connectivity index (χ2v) is 6.60. The first-order chi connectivity index (χ1) is 11.2. The maximum absolute atomic E-state index is 12.6. The number of carbonyl (C=O) groups is 1. The van der Waals surface area contributed by atoms with Crippen molar-refractivity contribution in [2.75, 3.05) is 39.3 Å². The Kier molecular flexibility index (Phi) is 5.61. The van der Waals surface area contributed by atoms with Crippen LogP contribution in [0.15, 0.2) is 12.7 Å². The standard InChI is InChI=1S/C16H27N5O2/c1-2-15-10-20(6-7-23-15)16(22)11-19-5-3-4-14(8-19)9-21-13-17-12-18-21/h12-15H,2-11H2,1H3/t14-,15-/m0/s1. The third-order valence-electron chi connectivity index (χ3n) is 4.82. The van der Waals surface area contributed by atoms with Crippen LogP contribution in [0.25, 0.3) is 0 Å². The van der Waals surface area contributed by atoms with Gasteiger partial charge in [-0.15, -0.1) is 0 Å². The second kappa shape index (κ2) is 7.88. The molecule has 23 heavy (non-hydrogen) atoms. The molecule has 1 aromatic heterocycles. The Morgan fingerprint density at radius 3 is 3.04 bits per heavy atom. The van der Waals surface area contributed by atoms with Gasteiger partial charge >= 0.3 is 0 Å². The van der Waals surface area contributed by atoms with E-state index in [9.17, 15) is 4.79 Å². The summed E-state index contributed by atoms with van der Waals surface area (Å²) in [7, 11) is 0. The Labute approximate surface area is 137 Å². The lowest BCUT2D eigenvalue weighted by Crippen LogP contribution is -2.50. The predicted molar refractivity (Wildman–Crippen MR) is 85.8 cm³/mol. The van der Waals surface area contributed by atoms with Gasteiger partial charge in [-0.2, -0.15) is 5.10 Å². The summed E-state index contributed by atoms with van der Waals surface area (Å²) in [4.78, 5) is 20.8. The summed E-state index contributed by atoms with van der Waals surface area (Å²) in [6.07, 6.45) is 6.85. The van der Waals surface area contributed by atoms with E-state index < -0.39 is 0 Å². The molecule has 0 N–H and O–H groups in total. The first-order valence-corrected chi connectivity index (χ1v) is 8.68. The summed E-state index contributed by atoms with van der Waals surface area (Å²) in [5, 5.41) is 4.19. The van der Waals surface area contributed by atoms with Crippen molar-refractivity contribution < 1.29 is 9.53 Å². The average Bonchev–Trinajstić information content (AvgIpc) is 3.08. The number of morpholine rings is 1. The summed E-state index contributed by atoms with van der Waals surface area (Å²) < 4.78 is 7.54. The van der Waals surface area contributed by atoms with Crippen LogP contribution in [-0.4, -0.2) is 75.9 Å². The summed E-state index contributed by atoms with van der Waals surface area (Å²) >= 11 is 0. The van der Waals surface area contributed by atoms with E-state index in [1.54, 1.807) is 12.7 Å². The van der Waals surface area contributed by atoms with Gasteiger partial charge in [-0.05, 0) is 31.7 Å². The van der Waals surface area contributed by atoms with E-state index in [1.807, 2.05) is 9.58 Å². The van der Waals surface area contributed by atoms with Crippen LogP contribution < -0.4 is 0 Å². The molecule has 1 amide bonds. The van der Waals surface area contributed by atoms with Gasteiger partial charge in [0.05, 0.1) is 19.3 Å². The first-order valence-electron chi connectivity index (χ1n) is 8.68. The van der Waals surface area contributed by atoms with Crippen molar-refractivity contribution in [3.8, 4) is 0 Å². The summed E-state index contributed by atoms with van der Waals surface area (Å²) in [6, 6.07) is 0. The van der Waals surface area contributed by atoms with E-state index in [1.165, 1.54) is 6.42 Å². The lowest BCUT2D eigenvalue weighted by molar-refractivity contribution is -0.140. The molecule has 2 fully saturated rings. The number of hydrogen-bond acceptors (Lipinski definition) is 5. The summed E-state index contributed by atoms with van der Waals surface area (Å²) in [6.45, 7) is 7.65. The van der Waals surface area contributed by atoms with E-state index in [4.69, 9.17) is 4.74 Å². The molecule has 0 aliphatic carbocycles. The van der Waals surface area contributed by atoms with E-state index in [0.717, 1.165) is 45.6 Å².